The number of ether oxygens (including phenoxy) is 1. The molecule has 1 aliphatic rings. The number of thiophene rings is 1. The van der Waals surface area contributed by atoms with Crippen LogP contribution in [0.2, 0.25) is 0 Å². The van der Waals surface area contributed by atoms with Gasteiger partial charge >= 0.3 is 0 Å². The van der Waals surface area contributed by atoms with E-state index in [2.05, 4.69) is 32.3 Å². The molecule has 1 fully saturated rings. The van der Waals surface area contributed by atoms with Crippen LogP contribution >= 0.6 is 27.3 Å². The van der Waals surface area contributed by atoms with Crippen LogP contribution in [0.5, 0.6) is 0 Å². The van der Waals surface area contributed by atoms with E-state index in [0.29, 0.717) is 0 Å². The molecule has 0 aliphatic carbocycles. The smallest absolute Gasteiger partial charge is 0.0850 e. The maximum Gasteiger partial charge on any atom is 0.0850 e. The van der Waals surface area contributed by atoms with Crippen LogP contribution in [0.15, 0.2) is 15.9 Å². The number of halogens is 1. The fraction of sp³-hybridized carbons (Fsp3) is 0.636. The number of nitrogens with two attached hydrogens (primary N) is 1. The fourth-order valence-corrected chi connectivity index (χ4v) is 3.35. The number of morpholine rings is 1. The highest BCUT2D eigenvalue weighted by Gasteiger charge is 2.23. The Hall–Kier alpha value is 0.0600. The number of rotatable bonds is 3. The molecule has 16 heavy (non-hydrogen) atoms. The third-order valence-electron chi connectivity index (χ3n) is 2.82. The van der Waals surface area contributed by atoms with Crippen LogP contribution in [0, 0.1) is 0 Å². The van der Waals surface area contributed by atoms with Crippen LogP contribution in [0.3, 0.4) is 0 Å². The Labute approximate surface area is 109 Å². The second kappa shape index (κ2) is 5.60. The summed E-state index contributed by atoms with van der Waals surface area (Å²) >= 11 is 5.36. The molecule has 2 atom stereocenters. The number of hydrogen-bond acceptors (Lipinski definition) is 4. The third kappa shape index (κ3) is 3.05. The topological polar surface area (TPSA) is 38.5 Å². The van der Waals surface area contributed by atoms with Gasteiger partial charge in [0.15, 0.2) is 0 Å². The summed E-state index contributed by atoms with van der Waals surface area (Å²) in [4.78, 5) is 3.79. The first-order valence-corrected chi connectivity index (χ1v) is 7.15. The Bertz CT molecular complexity index is 342. The lowest BCUT2D eigenvalue weighted by atomic mass is 10.1. The highest BCUT2D eigenvalue weighted by molar-refractivity contribution is 9.10. The third-order valence-corrected chi connectivity index (χ3v) is 4.73. The Kier molecular flexibility index (Phi) is 4.38. The molecule has 0 spiro atoms. The predicted molar refractivity (Wildman–Crippen MR) is 70.7 cm³/mol. The second-order valence-electron chi connectivity index (χ2n) is 4.20. The van der Waals surface area contributed by atoms with Gasteiger partial charge < -0.3 is 10.5 Å². The van der Waals surface area contributed by atoms with Gasteiger partial charge in [-0.15, -0.1) is 11.3 Å². The molecule has 0 radical (unpaired) electrons. The molecule has 5 heteroatoms. The summed E-state index contributed by atoms with van der Waals surface area (Å²) in [5.74, 6) is 0. The predicted octanol–water partition coefficient (Wildman–Crippen LogP) is 2.06. The van der Waals surface area contributed by atoms with E-state index in [9.17, 15) is 0 Å². The first-order chi connectivity index (χ1) is 7.66. The first-order valence-electron chi connectivity index (χ1n) is 5.48. The van der Waals surface area contributed by atoms with Crippen molar-refractivity contribution < 1.29 is 4.74 Å². The van der Waals surface area contributed by atoms with Gasteiger partial charge in [0, 0.05) is 35.0 Å². The first kappa shape index (κ1) is 12.5. The van der Waals surface area contributed by atoms with Crippen molar-refractivity contribution in [3.05, 3.63) is 20.8 Å². The molecular weight excluding hydrogens is 288 g/mol. The van der Waals surface area contributed by atoms with Gasteiger partial charge in [-0.05, 0) is 34.3 Å². The maximum absolute atomic E-state index is 5.87. The number of hydrogen-bond donors (Lipinski definition) is 1. The van der Waals surface area contributed by atoms with Gasteiger partial charge in [0.1, 0.15) is 0 Å². The zero-order valence-electron chi connectivity index (χ0n) is 9.36. The molecule has 90 valence electrons. The van der Waals surface area contributed by atoms with Crippen molar-refractivity contribution >= 4 is 27.3 Å². The van der Waals surface area contributed by atoms with Gasteiger partial charge in [-0.3, -0.25) is 4.90 Å². The molecule has 1 saturated heterocycles. The van der Waals surface area contributed by atoms with Crippen LogP contribution < -0.4 is 5.73 Å². The van der Waals surface area contributed by atoms with E-state index in [4.69, 9.17) is 10.5 Å². The summed E-state index contributed by atoms with van der Waals surface area (Å²) in [6, 6.07) is 2.21. The Morgan fingerprint density at radius 2 is 2.56 bits per heavy atom. The lowest BCUT2D eigenvalue weighted by Crippen LogP contribution is -2.49. The maximum atomic E-state index is 5.87. The standard InChI is InChI=1S/C11H17BrN2OS/c1-8(13)10-6-14(3-4-15-10)7-11-9(12)2-5-16-11/h2,5,8,10H,3-4,6-7,13H2,1H3. The molecule has 0 bridgehead atoms. The quantitative estimate of drug-likeness (QED) is 0.929. The molecular formula is C11H17BrN2OS. The summed E-state index contributed by atoms with van der Waals surface area (Å²) in [6.07, 6.45) is 0.174. The molecule has 2 N–H and O–H groups in total. The van der Waals surface area contributed by atoms with E-state index >= 15 is 0 Å². The fourth-order valence-electron chi connectivity index (χ4n) is 1.83. The molecule has 0 aromatic carbocycles. The minimum Gasteiger partial charge on any atom is -0.374 e. The molecule has 1 aromatic rings. The summed E-state index contributed by atoms with van der Waals surface area (Å²) in [5, 5.41) is 2.11. The monoisotopic (exact) mass is 304 g/mol. The molecule has 0 saturated carbocycles. The van der Waals surface area contributed by atoms with Gasteiger partial charge in [-0.25, -0.2) is 0 Å². The van der Waals surface area contributed by atoms with E-state index < -0.39 is 0 Å². The van der Waals surface area contributed by atoms with Crippen LogP contribution in [0.25, 0.3) is 0 Å². The van der Waals surface area contributed by atoms with E-state index in [0.717, 1.165) is 26.2 Å². The normalized spacial score (nSPS) is 24.6. The van der Waals surface area contributed by atoms with Gasteiger partial charge in [0.05, 0.1) is 12.7 Å². The zero-order chi connectivity index (χ0) is 11.5. The van der Waals surface area contributed by atoms with Gasteiger partial charge in [-0.2, -0.15) is 0 Å². The van der Waals surface area contributed by atoms with Crippen molar-refractivity contribution in [2.24, 2.45) is 5.73 Å². The molecule has 3 nitrogen and oxygen atoms in total. The zero-order valence-corrected chi connectivity index (χ0v) is 11.8. The molecule has 2 unspecified atom stereocenters. The Balaban J connectivity index is 1.93. The van der Waals surface area contributed by atoms with Crippen LogP contribution in [-0.2, 0) is 11.3 Å². The molecule has 2 rings (SSSR count). The largest absolute Gasteiger partial charge is 0.374 e. The van der Waals surface area contributed by atoms with Crippen molar-refractivity contribution in [1.82, 2.24) is 4.90 Å². The van der Waals surface area contributed by atoms with Crippen LogP contribution in [-0.4, -0.2) is 36.7 Å². The Morgan fingerprint density at radius 3 is 3.19 bits per heavy atom. The molecule has 1 aromatic heterocycles. The van der Waals surface area contributed by atoms with Crippen molar-refractivity contribution in [2.45, 2.75) is 25.6 Å². The highest BCUT2D eigenvalue weighted by atomic mass is 79.9. The van der Waals surface area contributed by atoms with Gasteiger partial charge in [0.25, 0.3) is 0 Å². The van der Waals surface area contributed by atoms with Gasteiger partial charge in [-0.1, -0.05) is 0 Å². The van der Waals surface area contributed by atoms with E-state index in [1.165, 1.54) is 9.35 Å². The van der Waals surface area contributed by atoms with E-state index in [1.54, 1.807) is 11.3 Å². The summed E-state index contributed by atoms with van der Waals surface area (Å²) in [7, 11) is 0. The van der Waals surface area contributed by atoms with Crippen molar-refractivity contribution in [3.63, 3.8) is 0 Å². The van der Waals surface area contributed by atoms with Crippen molar-refractivity contribution in [2.75, 3.05) is 19.7 Å². The van der Waals surface area contributed by atoms with Crippen LogP contribution in [0.4, 0.5) is 0 Å². The molecule has 0 amide bonds. The lowest BCUT2D eigenvalue weighted by Gasteiger charge is -2.34. The summed E-state index contributed by atoms with van der Waals surface area (Å²) < 4.78 is 6.85. The van der Waals surface area contributed by atoms with Crippen molar-refractivity contribution in [1.29, 1.82) is 0 Å². The molecule has 1 aliphatic heterocycles. The average Bonchev–Trinajstić information content (AvgIpc) is 2.65. The minimum atomic E-state index is 0.106. The second-order valence-corrected chi connectivity index (χ2v) is 6.05. The SMILES string of the molecule is CC(N)C1CN(Cc2sccc2Br)CCO1. The number of nitrogens with zero attached hydrogens (tertiary/aromatic N) is 1. The van der Waals surface area contributed by atoms with E-state index in [-0.39, 0.29) is 12.1 Å². The summed E-state index contributed by atoms with van der Waals surface area (Å²) in [5.41, 5.74) is 5.87. The molecule has 2 heterocycles. The lowest BCUT2D eigenvalue weighted by molar-refractivity contribution is -0.0401. The van der Waals surface area contributed by atoms with Gasteiger partial charge in [0.2, 0.25) is 0 Å². The summed E-state index contributed by atoms with van der Waals surface area (Å²) in [6.45, 7) is 5.71. The van der Waals surface area contributed by atoms with Crippen LogP contribution in [0.1, 0.15) is 11.8 Å². The van der Waals surface area contributed by atoms with E-state index in [1.807, 2.05) is 6.92 Å². The van der Waals surface area contributed by atoms with Crippen molar-refractivity contribution in [3.8, 4) is 0 Å². The Morgan fingerprint density at radius 1 is 1.75 bits per heavy atom. The highest BCUT2D eigenvalue weighted by Crippen LogP contribution is 2.25. The average molecular weight is 305 g/mol. The minimum absolute atomic E-state index is 0.106.